The summed E-state index contributed by atoms with van der Waals surface area (Å²) in [5, 5.41) is 4.26. The number of hydrogen-bond acceptors (Lipinski definition) is 4. The van der Waals surface area contributed by atoms with Crippen LogP contribution in [0.5, 0.6) is 0 Å². The second-order valence-corrected chi connectivity index (χ2v) is 8.68. The van der Waals surface area contributed by atoms with Gasteiger partial charge in [0.25, 0.3) is 5.91 Å². The molecule has 2 atom stereocenters. The van der Waals surface area contributed by atoms with E-state index in [1.807, 2.05) is 22.7 Å². The molecule has 2 aliphatic heterocycles. The van der Waals surface area contributed by atoms with E-state index in [4.69, 9.17) is 0 Å². The van der Waals surface area contributed by atoms with Gasteiger partial charge in [0.15, 0.2) is 0 Å². The van der Waals surface area contributed by atoms with Gasteiger partial charge in [0.1, 0.15) is 5.69 Å². The number of nitrogens with zero attached hydrogens (tertiary/aromatic N) is 6. The minimum atomic E-state index is -0.562. The van der Waals surface area contributed by atoms with Gasteiger partial charge in [-0.1, -0.05) is 0 Å². The van der Waals surface area contributed by atoms with Crippen molar-refractivity contribution in [3.63, 3.8) is 0 Å². The summed E-state index contributed by atoms with van der Waals surface area (Å²) < 4.78 is 3.54. The van der Waals surface area contributed by atoms with E-state index in [1.54, 1.807) is 35.2 Å². The van der Waals surface area contributed by atoms with Crippen molar-refractivity contribution in [3.8, 4) is 0 Å². The van der Waals surface area contributed by atoms with Crippen molar-refractivity contribution < 1.29 is 9.59 Å². The van der Waals surface area contributed by atoms with Crippen LogP contribution in [0.15, 0.2) is 24.8 Å². The number of carbonyl (C=O) groups excluding carboxylic acids is 2. The van der Waals surface area contributed by atoms with Crippen LogP contribution >= 0.6 is 0 Å². The van der Waals surface area contributed by atoms with E-state index in [0.29, 0.717) is 24.7 Å². The number of likely N-dealkylation sites (tertiary alicyclic amines) is 2. The third-order valence-corrected chi connectivity index (χ3v) is 6.56. The molecule has 0 radical (unpaired) electrons. The first-order chi connectivity index (χ1) is 13.5. The maximum atomic E-state index is 13.5. The van der Waals surface area contributed by atoms with Gasteiger partial charge >= 0.3 is 0 Å². The number of aromatic nitrogens is 4. The standard InChI is InChI=1S/C20H26N6O2/c1-23-11-17(21-13-23)15-10-26(18(27)16-5-7-24(2)22-16)12-20(15)6-8-25(19(20)28)9-14-3-4-14/h5,7,11,13-15H,3-4,6,8-10,12H2,1-2H3/t15-,20-/m0/s1. The van der Waals surface area contributed by atoms with Gasteiger partial charge in [-0.3, -0.25) is 14.3 Å². The van der Waals surface area contributed by atoms with Crippen LogP contribution in [0.2, 0.25) is 0 Å². The largest absolute Gasteiger partial charge is 0.342 e. The first kappa shape index (κ1) is 17.5. The molecule has 2 saturated heterocycles. The molecule has 2 aromatic rings. The highest BCUT2D eigenvalue weighted by Crippen LogP contribution is 2.50. The molecule has 0 N–H and O–H groups in total. The van der Waals surface area contributed by atoms with Crippen molar-refractivity contribution in [2.75, 3.05) is 26.2 Å². The normalized spacial score (nSPS) is 27.4. The highest BCUT2D eigenvalue weighted by atomic mass is 16.2. The highest BCUT2D eigenvalue weighted by Gasteiger charge is 2.59. The van der Waals surface area contributed by atoms with E-state index in [0.717, 1.165) is 25.2 Å². The molecule has 1 aliphatic carbocycles. The highest BCUT2D eigenvalue weighted by molar-refractivity contribution is 5.94. The van der Waals surface area contributed by atoms with Crippen LogP contribution in [-0.2, 0) is 18.9 Å². The maximum absolute atomic E-state index is 13.5. The molecule has 5 rings (SSSR count). The molecule has 3 aliphatic rings. The van der Waals surface area contributed by atoms with E-state index in [-0.39, 0.29) is 17.7 Å². The van der Waals surface area contributed by atoms with E-state index >= 15 is 0 Å². The smallest absolute Gasteiger partial charge is 0.274 e. The zero-order valence-electron chi connectivity index (χ0n) is 16.4. The lowest BCUT2D eigenvalue weighted by molar-refractivity contribution is -0.136. The van der Waals surface area contributed by atoms with Crippen molar-refractivity contribution in [2.45, 2.75) is 25.2 Å². The Kier molecular flexibility index (Phi) is 3.86. The van der Waals surface area contributed by atoms with Crippen LogP contribution in [-0.4, -0.2) is 67.1 Å². The number of imidazole rings is 1. The molecule has 1 saturated carbocycles. The molecule has 8 nitrogen and oxygen atoms in total. The van der Waals surface area contributed by atoms with Crippen molar-refractivity contribution >= 4 is 11.8 Å². The molecule has 0 bridgehead atoms. The molecule has 3 fully saturated rings. The number of amides is 2. The van der Waals surface area contributed by atoms with Crippen LogP contribution in [0.3, 0.4) is 0 Å². The molecule has 28 heavy (non-hydrogen) atoms. The Morgan fingerprint density at radius 3 is 2.79 bits per heavy atom. The Labute approximate surface area is 164 Å². The number of rotatable bonds is 4. The minimum Gasteiger partial charge on any atom is -0.342 e. The summed E-state index contributed by atoms with van der Waals surface area (Å²) in [5.41, 5.74) is 0.772. The average molecular weight is 382 g/mol. The molecular weight excluding hydrogens is 356 g/mol. The van der Waals surface area contributed by atoms with Crippen LogP contribution < -0.4 is 0 Å². The second-order valence-electron chi connectivity index (χ2n) is 8.68. The fraction of sp³-hybridized carbons (Fsp3) is 0.600. The lowest BCUT2D eigenvalue weighted by atomic mass is 9.75. The first-order valence-electron chi connectivity index (χ1n) is 10.0. The van der Waals surface area contributed by atoms with Gasteiger partial charge in [0.05, 0.1) is 17.4 Å². The zero-order chi connectivity index (χ0) is 19.5. The molecule has 2 amide bonds. The van der Waals surface area contributed by atoms with Crippen molar-refractivity contribution in [1.29, 1.82) is 0 Å². The number of aryl methyl sites for hydroxylation is 2. The summed E-state index contributed by atoms with van der Waals surface area (Å²) in [6, 6.07) is 1.74. The minimum absolute atomic E-state index is 0.0712. The van der Waals surface area contributed by atoms with E-state index in [9.17, 15) is 9.59 Å². The molecular formula is C20H26N6O2. The predicted octanol–water partition coefficient (Wildman–Crippen LogP) is 1.02. The van der Waals surface area contributed by atoms with Crippen molar-refractivity contribution in [1.82, 2.24) is 29.1 Å². The summed E-state index contributed by atoms with van der Waals surface area (Å²) in [5.74, 6) is 0.691. The van der Waals surface area contributed by atoms with Crippen LogP contribution in [0, 0.1) is 11.3 Å². The Hall–Kier alpha value is -2.64. The summed E-state index contributed by atoms with van der Waals surface area (Å²) in [6.07, 6.45) is 8.76. The lowest BCUT2D eigenvalue weighted by Crippen LogP contribution is -2.41. The van der Waals surface area contributed by atoms with Crippen LogP contribution in [0.25, 0.3) is 0 Å². The van der Waals surface area contributed by atoms with Gasteiger partial charge in [-0.15, -0.1) is 0 Å². The molecule has 1 spiro atoms. The summed E-state index contributed by atoms with van der Waals surface area (Å²) in [7, 11) is 3.74. The van der Waals surface area contributed by atoms with Gasteiger partial charge in [-0.05, 0) is 31.2 Å². The van der Waals surface area contributed by atoms with Crippen LogP contribution in [0.1, 0.15) is 41.4 Å². The molecule has 8 heteroatoms. The zero-order valence-corrected chi connectivity index (χ0v) is 16.4. The van der Waals surface area contributed by atoms with Crippen molar-refractivity contribution in [2.24, 2.45) is 25.4 Å². The van der Waals surface area contributed by atoms with E-state index in [1.165, 1.54) is 12.8 Å². The topological polar surface area (TPSA) is 76.3 Å². The lowest BCUT2D eigenvalue weighted by Gasteiger charge is -2.27. The number of hydrogen-bond donors (Lipinski definition) is 0. The molecule has 0 unspecified atom stereocenters. The Morgan fingerprint density at radius 1 is 1.32 bits per heavy atom. The second kappa shape index (κ2) is 6.18. The Bertz CT molecular complexity index is 929. The Balaban J connectivity index is 1.46. The third-order valence-electron chi connectivity index (χ3n) is 6.56. The quantitative estimate of drug-likeness (QED) is 0.791. The van der Waals surface area contributed by atoms with Gasteiger partial charge in [-0.2, -0.15) is 5.10 Å². The molecule has 2 aromatic heterocycles. The average Bonchev–Trinajstić information content (AvgIpc) is 3.01. The monoisotopic (exact) mass is 382 g/mol. The fourth-order valence-electron chi connectivity index (χ4n) is 4.86. The molecule has 4 heterocycles. The number of carbonyl (C=O) groups is 2. The fourth-order valence-corrected chi connectivity index (χ4v) is 4.86. The first-order valence-corrected chi connectivity index (χ1v) is 10.0. The predicted molar refractivity (Wildman–Crippen MR) is 101 cm³/mol. The van der Waals surface area contributed by atoms with Gasteiger partial charge in [0.2, 0.25) is 5.91 Å². The van der Waals surface area contributed by atoms with Crippen LogP contribution in [0.4, 0.5) is 0 Å². The van der Waals surface area contributed by atoms with E-state index in [2.05, 4.69) is 10.1 Å². The molecule has 148 valence electrons. The van der Waals surface area contributed by atoms with Gasteiger partial charge in [-0.25, -0.2) is 4.98 Å². The maximum Gasteiger partial charge on any atom is 0.274 e. The van der Waals surface area contributed by atoms with Crippen molar-refractivity contribution in [3.05, 3.63) is 36.2 Å². The van der Waals surface area contributed by atoms with E-state index < -0.39 is 5.41 Å². The summed E-state index contributed by atoms with van der Waals surface area (Å²) >= 11 is 0. The molecule has 0 aromatic carbocycles. The summed E-state index contributed by atoms with van der Waals surface area (Å²) in [6.45, 7) is 2.60. The SMILES string of the molecule is Cn1cnc([C@@H]2CN(C(=O)c3ccn(C)n3)C[C@@]23CCN(CC2CC2)C3=O)c1. The van der Waals surface area contributed by atoms with Gasteiger partial charge in [0, 0.05) is 58.6 Å². The third kappa shape index (κ3) is 2.73. The van der Waals surface area contributed by atoms with Gasteiger partial charge < -0.3 is 14.4 Å². The Morgan fingerprint density at radius 2 is 2.14 bits per heavy atom. The summed E-state index contributed by atoms with van der Waals surface area (Å²) in [4.78, 5) is 35.0.